The molecule has 3 aromatic rings. The van der Waals surface area contributed by atoms with E-state index in [4.69, 9.17) is 4.74 Å². The summed E-state index contributed by atoms with van der Waals surface area (Å²) in [6, 6.07) is 22.1. The van der Waals surface area contributed by atoms with Crippen LogP contribution in [-0.4, -0.2) is 31.7 Å². The molecule has 1 aliphatic rings. The fraction of sp³-hybridized carbons (Fsp3) is 0.321. The molecule has 0 atom stereocenters. The van der Waals surface area contributed by atoms with E-state index < -0.39 is 10.0 Å². The van der Waals surface area contributed by atoms with E-state index in [2.05, 4.69) is 19.2 Å². The number of sulfonamides is 1. The lowest BCUT2D eigenvalue weighted by molar-refractivity contribution is -0.120. The van der Waals surface area contributed by atoms with Crippen LogP contribution in [0.3, 0.4) is 0 Å². The van der Waals surface area contributed by atoms with Crippen LogP contribution in [0.1, 0.15) is 43.7 Å². The van der Waals surface area contributed by atoms with Crippen LogP contribution in [0.25, 0.3) is 0 Å². The van der Waals surface area contributed by atoms with E-state index in [1.54, 1.807) is 12.1 Å². The molecule has 7 heteroatoms. The Hall–Kier alpha value is -3.16. The molecule has 1 amide bonds. The summed E-state index contributed by atoms with van der Waals surface area (Å²) in [6.07, 6.45) is 0.937. The molecule has 1 heterocycles. The normalized spacial score (nSPS) is 15.2. The number of nitrogens with one attached hydrogen (secondary N) is 1. The Kier molecular flexibility index (Phi) is 7.57. The maximum absolute atomic E-state index is 13.1. The highest BCUT2D eigenvalue weighted by Crippen LogP contribution is 2.31. The van der Waals surface area contributed by atoms with E-state index in [9.17, 15) is 13.2 Å². The second kappa shape index (κ2) is 10.6. The lowest BCUT2D eigenvalue weighted by Gasteiger charge is -2.30. The molecule has 0 radical (unpaired) electrons. The van der Waals surface area contributed by atoms with Gasteiger partial charge in [-0.25, -0.2) is 8.42 Å². The number of hydrogen-bond acceptors (Lipinski definition) is 4. The molecule has 6 nitrogen and oxygen atoms in total. The molecular weight excluding hydrogens is 460 g/mol. The summed E-state index contributed by atoms with van der Waals surface area (Å²) in [5.41, 5.74) is 2.84. The Bertz CT molecular complexity index is 1260. The molecule has 35 heavy (non-hydrogen) atoms. The third-order valence-corrected chi connectivity index (χ3v) is 8.32. The van der Waals surface area contributed by atoms with Crippen LogP contribution < -0.4 is 10.1 Å². The lowest BCUT2D eigenvalue weighted by Crippen LogP contribution is -2.41. The fourth-order valence-corrected chi connectivity index (χ4v) is 5.63. The summed E-state index contributed by atoms with van der Waals surface area (Å²) in [6.45, 7) is 6.79. The van der Waals surface area contributed by atoms with Crippen molar-refractivity contribution < 1.29 is 17.9 Å². The first-order valence-electron chi connectivity index (χ1n) is 12.0. The second-order valence-electron chi connectivity index (χ2n) is 9.30. The Labute approximate surface area is 208 Å². The minimum absolute atomic E-state index is 0.122. The van der Waals surface area contributed by atoms with Gasteiger partial charge in [0.05, 0.1) is 10.6 Å². The highest BCUT2D eigenvalue weighted by molar-refractivity contribution is 7.89. The zero-order valence-electron chi connectivity index (χ0n) is 20.4. The molecule has 3 aromatic carbocycles. The monoisotopic (exact) mass is 492 g/mol. The van der Waals surface area contributed by atoms with Crippen molar-refractivity contribution in [3.63, 3.8) is 0 Å². The molecule has 0 saturated carbocycles. The van der Waals surface area contributed by atoms with Gasteiger partial charge in [0, 0.05) is 19.0 Å². The second-order valence-corrected chi connectivity index (χ2v) is 11.2. The van der Waals surface area contributed by atoms with Gasteiger partial charge in [0.1, 0.15) is 5.75 Å². The van der Waals surface area contributed by atoms with Crippen LogP contribution in [0.5, 0.6) is 11.5 Å². The number of carbonyl (C=O) groups excluding carboxylic acids is 1. The van der Waals surface area contributed by atoms with Crippen molar-refractivity contribution in [2.45, 2.75) is 44.4 Å². The summed E-state index contributed by atoms with van der Waals surface area (Å²) in [5.74, 6) is 1.21. The largest absolute Gasteiger partial charge is 0.455 e. The minimum Gasteiger partial charge on any atom is -0.455 e. The SMILES string of the molecule is Cc1ccc(Oc2ccccc2NC(=O)C2CCN(S(=O)(=O)c3ccc(C(C)C)cc3)CC2)cc1. The smallest absolute Gasteiger partial charge is 0.243 e. The van der Waals surface area contributed by atoms with Gasteiger partial charge in [0.2, 0.25) is 15.9 Å². The molecule has 0 spiro atoms. The van der Waals surface area contributed by atoms with E-state index in [1.165, 1.54) is 4.31 Å². The summed E-state index contributed by atoms with van der Waals surface area (Å²) in [7, 11) is -3.58. The number of amides is 1. The number of para-hydroxylation sites is 2. The first-order valence-corrected chi connectivity index (χ1v) is 13.4. The number of anilines is 1. The fourth-order valence-electron chi connectivity index (χ4n) is 4.16. The van der Waals surface area contributed by atoms with Crippen LogP contribution >= 0.6 is 0 Å². The Morgan fingerprint density at radius 1 is 0.943 bits per heavy atom. The summed E-state index contributed by atoms with van der Waals surface area (Å²) < 4.78 is 33.6. The van der Waals surface area contributed by atoms with Gasteiger partial charge in [-0.15, -0.1) is 0 Å². The first-order chi connectivity index (χ1) is 16.7. The van der Waals surface area contributed by atoms with E-state index in [1.807, 2.05) is 67.6 Å². The minimum atomic E-state index is -3.58. The highest BCUT2D eigenvalue weighted by Gasteiger charge is 2.32. The number of rotatable bonds is 7. The maximum Gasteiger partial charge on any atom is 0.243 e. The van der Waals surface area contributed by atoms with E-state index in [-0.39, 0.29) is 11.8 Å². The van der Waals surface area contributed by atoms with Crippen LogP contribution in [0.4, 0.5) is 5.69 Å². The molecule has 1 N–H and O–H groups in total. The van der Waals surface area contributed by atoms with Crippen molar-refractivity contribution in [2.75, 3.05) is 18.4 Å². The van der Waals surface area contributed by atoms with Crippen molar-refractivity contribution in [2.24, 2.45) is 5.92 Å². The molecule has 1 fully saturated rings. The number of carbonyl (C=O) groups is 1. The van der Waals surface area contributed by atoms with Gasteiger partial charge in [-0.05, 0) is 67.6 Å². The van der Waals surface area contributed by atoms with Crippen LogP contribution in [0.2, 0.25) is 0 Å². The van der Waals surface area contributed by atoms with Crippen LogP contribution in [0.15, 0.2) is 77.7 Å². The third-order valence-electron chi connectivity index (χ3n) is 6.40. The van der Waals surface area contributed by atoms with Gasteiger partial charge in [-0.1, -0.05) is 55.8 Å². The number of piperidine rings is 1. The zero-order valence-corrected chi connectivity index (χ0v) is 21.2. The Morgan fingerprint density at radius 2 is 1.57 bits per heavy atom. The highest BCUT2D eigenvalue weighted by atomic mass is 32.2. The van der Waals surface area contributed by atoms with Gasteiger partial charge in [0.25, 0.3) is 0 Å². The topological polar surface area (TPSA) is 75.7 Å². The van der Waals surface area contributed by atoms with Gasteiger partial charge in [-0.3, -0.25) is 4.79 Å². The molecule has 0 aromatic heterocycles. The molecule has 184 valence electrons. The maximum atomic E-state index is 13.1. The van der Waals surface area contributed by atoms with E-state index in [0.29, 0.717) is 53.9 Å². The molecule has 1 saturated heterocycles. The summed E-state index contributed by atoms with van der Waals surface area (Å²) in [5, 5.41) is 2.98. The van der Waals surface area contributed by atoms with Gasteiger partial charge in [-0.2, -0.15) is 4.31 Å². The average molecular weight is 493 g/mol. The number of ether oxygens (including phenoxy) is 1. The van der Waals surface area contributed by atoms with Crippen LogP contribution in [0, 0.1) is 12.8 Å². The molecule has 0 unspecified atom stereocenters. The quantitative estimate of drug-likeness (QED) is 0.442. The average Bonchev–Trinajstić information content (AvgIpc) is 2.86. The Balaban J connectivity index is 1.38. The number of nitrogens with zero attached hydrogens (tertiary/aromatic N) is 1. The van der Waals surface area contributed by atoms with Gasteiger partial charge >= 0.3 is 0 Å². The number of benzene rings is 3. The van der Waals surface area contributed by atoms with Crippen LogP contribution in [-0.2, 0) is 14.8 Å². The van der Waals surface area contributed by atoms with Crippen molar-refractivity contribution in [1.82, 2.24) is 4.31 Å². The number of aryl methyl sites for hydroxylation is 1. The standard InChI is InChI=1S/C28H32N2O4S/c1-20(2)22-10-14-25(15-11-22)35(32,33)30-18-16-23(17-19-30)28(31)29-26-6-4-5-7-27(26)34-24-12-8-21(3)9-13-24/h4-15,20,23H,16-19H2,1-3H3,(H,29,31). The summed E-state index contributed by atoms with van der Waals surface area (Å²) >= 11 is 0. The lowest BCUT2D eigenvalue weighted by atomic mass is 9.97. The van der Waals surface area contributed by atoms with Crippen molar-refractivity contribution in [3.05, 3.63) is 83.9 Å². The molecule has 4 rings (SSSR count). The molecule has 0 aliphatic carbocycles. The third kappa shape index (κ3) is 5.92. The van der Waals surface area contributed by atoms with Gasteiger partial charge in [0.15, 0.2) is 5.75 Å². The molecular formula is C28H32N2O4S. The van der Waals surface area contributed by atoms with Crippen molar-refractivity contribution >= 4 is 21.6 Å². The zero-order chi connectivity index (χ0) is 25.0. The van der Waals surface area contributed by atoms with Crippen molar-refractivity contribution in [1.29, 1.82) is 0 Å². The summed E-state index contributed by atoms with van der Waals surface area (Å²) in [4.78, 5) is 13.3. The van der Waals surface area contributed by atoms with Crippen molar-refractivity contribution in [3.8, 4) is 11.5 Å². The Morgan fingerprint density at radius 3 is 2.20 bits per heavy atom. The van der Waals surface area contributed by atoms with Gasteiger partial charge < -0.3 is 10.1 Å². The van der Waals surface area contributed by atoms with E-state index >= 15 is 0 Å². The predicted octanol–water partition coefficient (Wildman–Crippen LogP) is 5.95. The predicted molar refractivity (Wildman–Crippen MR) is 138 cm³/mol. The molecule has 0 bridgehead atoms. The first kappa shape index (κ1) is 24.9. The van der Waals surface area contributed by atoms with E-state index in [0.717, 1.165) is 11.1 Å². The molecule has 1 aliphatic heterocycles. The number of hydrogen-bond donors (Lipinski definition) is 1.